The maximum atomic E-state index is 5.59. The van der Waals surface area contributed by atoms with Crippen molar-refractivity contribution in [1.82, 2.24) is 14.9 Å². The van der Waals surface area contributed by atoms with E-state index in [0.29, 0.717) is 16.4 Å². The van der Waals surface area contributed by atoms with Crippen molar-refractivity contribution >= 4 is 23.8 Å². The van der Waals surface area contributed by atoms with E-state index in [1.54, 1.807) is 12.1 Å². The van der Waals surface area contributed by atoms with Gasteiger partial charge in [0, 0.05) is 0 Å². The summed E-state index contributed by atoms with van der Waals surface area (Å²) in [6.07, 6.45) is 0. The number of furan rings is 1. The fourth-order valence-corrected chi connectivity index (χ4v) is 1.19. The van der Waals surface area contributed by atoms with E-state index in [1.165, 1.54) is 4.68 Å². The van der Waals surface area contributed by atoms with Crippen molar-refractivity contribution in [2.45, 2.75) is 0 Å². The zero-order valence-electron chi connectivity index (χ0n) is 6.32. The Labute approximate surface area is 83.1 Å². The van der Waals surface area contributed by atoms with E-state index in [4.69, 9.17) is 34.1 Å². The van der Waals surface area contributed by atoms with Gasteiger partial charge in [0.15, 0.2) is 11.0 Å². The average molecular weight is 217 g/mol. The molecule has 0 radical (unpaired) electrons. The molecule has 0 aliphatic rings. The Morgan fingerprint density at radius 2 is 2.38 bits per heavy atom. The maximum absolute atomic E-state index is 5.59. The molecule has 0 unspecified atom stereocenters. The van der Waals surface area contributed by atoms with Crippen LogP contribution >= 0.6 is 23.8 Å². The van der Waals surface area contributed by atoms with Gasteiger partial charge in [-0.05, 0) is 36.0 Å². The molecule has 0 saturated heterocycles. The highest BCUT2D eigenvalue weighted by Gasteiger charge is 2.09. The van der Waals surface area contributed by atoms with E-state index in [1.807, 2.05) is 0 Å². The molecule has 0 aliphatic carbocycles. The number of nitrogen functional groups attached to an aromatic ring is 1. The number of aromatic amines is 1. The van der Waals surface area contributed by atoms with Crippen molar-refractivity contribution < 1.29 is 4.42 Å². The first-order valence-corrected chi connectivity index (χ1v) is 4.15. The van der Waals surface area contributed by atoms with E-state index in [2.05, 4.69) is 10.2 Å². The van der Waals surface area contributed by atoms with Crippen molar-refractivity contribution in [2.75, 3.05) is 5.84 Å². The lowest BCUT2D eigenvalue weighted by Gasteiger charge is -1.93. The van der Waals surface area contributed by atoms with Gasteiger partial charge >= 0.3 is 0 Å². The molecule has 0 spiro atoms. The van der Waals surface area contributed by atoms with Crippen molar-refractivity contribution in [3.05, 3.63) is 22.1 Å². The van der Waals surface area contributed by atoms with Crippen molar-refractivity contribution in [2.24, 2.45) is 0 Å². The van der Waals surface area contributed by atoms with Gasteiger partial charge in [-0.15, -0.1) is 5.10 Å². The summed E-state index contributed by atoms with van der Waals surface area (Å²) in [7, 11) is 0. The fraction of sp³-hybridized carbons (Fsp3) is 0. The van der Waals surface area contributed by atoms with E-state index in [0.717, 1.165) is 0 Å². The van der Waals surface area contributed by atoms with Gasteiger partial charge in [0.25, 0.3) is 0 Å². The van der Waals surface area contributed by atoms with Crippen LogP contribution in [0.4, 0.5) is 0 Å². The fourth-order valence-electron chi connectivity index (χ4n) is 0.913. The second-order valence-corrected chi connectivity index (χ2v) is 3.09. The standard InChI is InChI=1S/C6H5ClN4OS/c7-4-2-1-3(12-4)5-9-10-6(13)11(5)8/h1-2H,8H2,(H,10,13). The summed E-state index contributed by atoms with van der Waals surface area (Å²) in [6, 6.07) is 3.27. The normalized spacial score (nSPS) is 10.5. The number of H-pyrrole nitrogens is 1. The molecule has 0 atom stereocenters. The topological polar surface area (TPSA) is 72.8 Å². The molecule has 0 aliphatic heterocycles. The zero-order valence-corrected chi connectivity index (χ0v) is 7.89. The first-order valence-electron chi connectivity index (χ1n) is 3.36. The van der Waals surface area contributed by atoms with Gasteiger partial charge < -0.3 is 10.3 Å². The predicted molar refractivity (Wildman–Crippen MR) is 50.3 cm³/mol. The second-order valence-electron chi connectivity index (χ2n) is 2.33. The van der Waals surface area contributed by atoms with Crippen LogP contribution in [0.3, 0.4) is 0 Å². The first kappa shape index (κ1) is 8.33. The number of nitrogens with two attached hydrogens (primary N) is 1. The summed E-state index contributed by atoms with van der Waals surface area (Å²) in [5.41, 5.74) is 0. The van der Waals surface area contributed by atoms with Gasteiger partial charge in [-0.3, -0.25) is 0 Å². The van der Waals surface area contributed by atoms with Crippen molar-refractivity contribution in [1.29, 1.82) is 0 Å². The molecular formula is C6H5ClN4OS. The molecule has 3 N–H and O–H groups in total. The Morgan fingerprint density at radius 3 is 2.85 bits per heavy atom. The summed E-state index contributed by atoms with van der Waals surface area (Å²) < 4.78 is 6.63. The van der Waals surface area contributed by atoms with E-state index in [-0.39, 0.29) is 5.22 Å². The van der Waals surface area contributed by atoms with Gasteiger partial charge in [-0.1, -0.05) is 0 Å². The molecule has 5 nitrogen and oxygen atoms in total. The van der Waals surface area contributed by atoms with E-state index >= 15 is 0 Å². The Kier molecular flexibility index (Phi) is 1.86. The van der Waals surface area contributed by atoms with Crippen LogP contribution in [0.5, 0.6) is 0 Å². The lowest BCUT2D eigenvalue weighted by molar-refractivity contribution is 0.577. The van der Waals surface area contributed by atoms with Crippen LogP contribution < -0.4 is 5.84 Å². The third-order valence-corrected chi connectivity index (χ3v) is 1.99. The van der Waals surface area contributed by atoms with Crippen LogP contribution in [0.1, 0.15) is 0 Å². The average Bonchev–Trinajstić information content (AvgIpc) is 2.62. The van der Waals surface area contributed by atoms with Crippen molar-refractivity contribution in [3.63, 3.8) is 0 Å². The molecule has 0 bridgehead atoms. The Morgan fingerprint density at radius 1 is 1.62 bits per heavy atom. The molecular weight excluding hydrogens is 212 g/mol. The summed E-state index contributed by atoms with van der Waals surface area (Å²) in [6.45, 7) is 0. The third kappa shape index (κ3) is 1.34. The number of rotatable bonds is 1. The van der Waals surface area contributed by atoms with E-state index in [9.17, 15) is 0 Å². The lowest BCUT2D eigenvalue weighted by Crippen LogP contribution is -2.09. The summed E-state index contributed by atoms with van der Waals surface area (Å²) in [5, 5.41) is 6.68. The van der Waals surface area contributed by atoms with Gasteiger partial charge in [-0.2, -0.15) is 0 Å². The maximum Gasteiger partial charge on any atom is 0.216 e. The minimum absolute atomic E-state index is 0.281. The van der Waals surface area contributed by atoms with Crippen LogP contribution in [0, 0.1) is 4.77 Å². The van der Waals surface area contributed by atoms with Crippen molar-refractivity contribution in [3.8, 4) is 11.6 Å². The van der Waals surface area contributed by atoms with Gasteiger partial charge in [0.2, 0.25) is 10.6 Å². The van der Waals surface area contributed by atoms with Crippen LogP contribution in [-0.2, 0) is 0 Å². The molecule has 13 heavy (non-hydrogen) atoms. The minimum atomic E-state index is 0.281. The number of nitrogens with zero attached hydrogens (tertiary/aromatic N) is 2. The Bertz CT molecular complexity index is 485. The van der Waals surface area contributed by atoms with E-state index < -0.39 is 0 Å². The highest BCUT2D eigenvalue weighted by Crippen LogP contribution is 2.21. The quantitative estimate of drug-likeness (QED) is 0.561. The number of halogens is 1. The highest BCUT2D eigenvalue weighted by molar-refractivity contribution is 7.71. The van der Waals surface area contributed by atoms with Crippen LogP contribution in [0.25, 0.3) is 11.6 Å². The predicted octanol–water partition coefficient (Wildman–Crippen LogP) is 1.57. The summed E-state index contributed by atoms with van der Waals surface area (Å²) >= 11 is 10.4. The SMILES string of the molecule is Nn1c(-c2ccc(Cl)o2)n[nH]c1=S. The highest BCUT2D eigenvalue weighted by atomic mass is 35.5. The zero-order chi connectivity index (χ0) is 9.42. The Balaban J connectivity index is 2.58. The largest absolute Gasteiger partial charge is 0.441 e. The molecule has 2 aromatic heterocycles. The number of aromatic nitrogens is 3. The lowest BCUT2D eigenvalue weighted by atomic mass is 10.4. The molecule has 68 valence electrons. The first-order chi connectivity index (χ1) is 6.18. The van der Waals surface area contributed by atoms with Crippen LogP contribution in [-0.4, -0.2) is 14.9 Å². The molecule has 0 amide bonds. The molecule has 0 aromatic carbocycles. The minimum Gasteiger partial charge on any atom is -0.441 e. The van der Waals surface area contributed by atoms with Gasteiger partial charge in [-0.25, -0.2) is 9.77 Å². The summed E-state index contributed by atoms with van der Waals surface area (Å²) in [5.74, 6) is 6.45. The summed E-state index contributed by atoms with van der Waals surface area (Å²) in [4.78, 5) is 0. The molecule has 2 heterocycles. The van der Waals surface area contributed by atoms with Crippen LogP contribution in [0.15, 0.2) is 16.5 Å². The number of hydrogen-bond donors (Lipinski definition) is 2. The Hall–Kier alpha value is -1.27. The molecule has 0 saturated carbocycles. The van der Waals surface area contributed by atoms with Crippen LogP contribution in [0.2, 0.25) is 5.22 Å². The number of nitrogens with one attached hydrogen (secondary N) is 1. The third-order valence-electron chi connectivity index (χ3n) is 1.50. The van der Waals surface area contributed by atoms with Gasteiger partial charge in [0.05, 0.1) is 0 Å². The smallest absolute Gasteiger partial charge is 0.216 e. The number of hydrogen-bond acceptors (Lipinski definition) is 4. The molecule has 2 rings (SSSR count). The molecule has 0 fully saturated rings. The molecule has 7 heteroatoms. The van der Waals surface area contributed by atoms with Gasteiger partial charge in [0.1, 0.15) is 0 Å². The second kappa shape index (κ2) is 2.90. The monoisotopic (exact) mass is 216 g/mol. The molecule has 2 aromatic rings.